The quantitative estimate of drug-likeness (QED) is 0.397. The molecular weight excluding hydrogens is 481 g/mol. The van der Waals surface area contributed by atoms with Crippen molar-refractivity contribution in [3.05, 3.63) is 45.9 Å². The molecule has 168 valence electrons. The third-order valence-electron chi connectivity index (χ3n) is 4.47. The molecule has 1 aromatic heterocycles. The molecular formula is C21H24Cl3N3O3S. The number of carbonyl (C=O) groups excluding carboxylic acids is 1. The number of methoxy groups -OCH3 is 2. The largest absolute Gasteiger partial charge is 0.495 e. The standard InChI is InChI=1S/C21H23Cl2N3O3S.ClH/c1-25(2)8-5-9-26(20(27)13-10-14(22)12-15(23)11-13)21-24-18-16(28-3)6-7-17(29-4)19(18)30-21;/h6-7,10-12H,5,8-9H2,1-4H3;1H. The maximum Gasteiger partial charge on any atom is 0.260 e. The zero-order valence-corrected chi connectivity index (χ0v) is 20.8. The van der Waals surface area contributed by atoms with E-state index >= 15 is 0 Å². The molecule has 0 unspecified atom stereocenters. The van der Waals surface area contributed by atoms with Crippen LogP contribution >= 0.6 is 46.9 Å². The summed E-state index contributed by atoms with van der Waals surface area (Å²) in [4.78, 5) is 21.9. The van der Waals surface area contributed by atoms with Crippen LogP contribution in [0.25, 0.3) is 10.2 Å². The van der Waals surface area contributed by atoms with E-state index in [1.165, 1.54) is 11.3 Å². The van der Waals surface area contributed by atoms with Gasteiger partial charge in [0, 0.05) is 22.2 Å². The Bertz CT molecular complexity index is 998. The first-order valence-corrected chi connectivity index (χ1v) is 10.9. The number of thiazole rings is 1. The Labute approximate surface area is 202 Å². The first-order valence-electron chi connectivity index (χ1n) is 9.28. The van der Waals surface area contributed by atoms with Crippen LogP contribution in [0.4, 0.5) is 5.13 Å². The number of hydrogen-bond acceptors (Lipinski definition) is 6. The molecule has 0 atom stereocenters. The predicted molar refractivity (Wildman–Crippen MR) is 131 cm³/mol. The van der Waals surface area contributed by atoms with E-state index in [1.54, 1.807) is 43.4 Å². The zero-order valence-electron chi connectivity index (χ0n) is 17.6. The van der Waals surface area contributed by atoms with Gasteiger partial charge >= 0.3 is 0 Å². The van der Waals surface area contributed by atoms with E-state index in [0.29, 0.717) is 44.3 Å². The fourth-order valence-electron chi connectivity index (χ4n) is 3.05. The highest BCUT2D eigenvalue weighted by Crippen LogP contribution is 2.40. The van der Waals surface area contributed by atoms with Crippen molar-refractivity contribution >= 4 is 68.2 Å². The van der Waals surface area contributed by atoms with Crippen molar-refractivity contribution in [2.75, 3.05) is 46.3 Å². The number of rotatable bonds is 8. The summed E-state index contributed by atoms with van der Waals surface area (Å²) in [6.45, 7) is 1.32. The molecule has 0 spiro atoms. The first-order chi connectivity index (χ1) is 14.3. The molecule has 0 radical (unpaired) electrons. The second-order valence-corrected chi connectivity index (χ2v) is 8.77. The SMILES string of the molecule is COc1ccc(OC)c2sc(N(CCCN(C)C)C(=O)c3cc(Cl)cc(Cl)c3)nc12.Cl. The Morgan fingerprint density at radius 3 is 2.23 bits per heavy atom. The average Bonchev–Trinajstić information content (AvgIpc) is 3.14. The van der Waals surface area contributed by atoms with Crippen molar-refractivity contribution in [1.82, 2.24) is 9.88 Å². The molecule has 3 rings (SSSR count). The number of benzene rings is 2. The van der Waals surface area contributed by atoms with Crippen LogP contribution in [0.1, 0.15) is 16.8 Å². The molecule has 1 heterocycles. The highest BCUT2D eigenvalue weighted by Gasteiger charge is 2.24. The van der Waals surface area contributed by atoms with Gasteiger partial charge in [-0.2, -0.15) is 0 Å². The molecule has 0 N–H and O–H groups in total. The summed E-state index contributed by atoms with van der Waals surface area (Å²) in [6.07, 6.45) is 0.775. The molecule has 10 heteroatoms. The van der Waals surface area contributed by atoms with Crippen molar-refractivity contribution in [2.45, 2.75) is 6.42 Å². The van der Waals surface area contributed by atoms with Crippen LogP contribution in [-0.2, 0) is 0 Å². The average molecular weight is 505 g/mol. The van der Waals surface area contributed by atoms with Gasteiger partial charge in [-0.25, -0.2) is 4.98 Å². The lowest BCUT2D eigenvalue weighted by atomic mass is 10.2. The monoisotopic (exact) mass is 503 g/mol. The van der Waals surface area contributed by atoms with E-state index in [2.05, 4.69) is 4.90 Å². The fourth-order valence-corrected chi connectivity index (χ4v) is 4.68. The van der Waals surface area contributed by atoms with E-state index in [1.807, 2.05) is 20.2 Å². The predicted octanol–water partition coefficient (Wildman–Crippen LogP) is 5.64. The molecule has 3 aromatic rings. The minimum Gasteiger partial charge on any atom is -0.495 e. The molecule has 1 amide bonds. The van der Waals surface area contributed by atoms with Crippen molar-refractivity contribution in [3.63, 3.8) is 0 Å². The van der Waals surface area contributed by atoms with Crippen LogP contribution in [0.5, 0.6) is 11.5 Å². The Kier molecular flexibility index (Phi) is 9.21. The van der Waals surface area contributed by atoms with Crippen molar-refractivity contribution in [2.24, 2.45) is 0 Å². The van der Waals surface area contributed by atoms with Crippen LogP contribution in [-0.4, -0.2) is 57.2 Å². The van der Waals surface area contributed by atoms with Crippen LogP contribution in [0.2, 0.25) is 10.0 Å². The van der Waals surface area contributed by atoms with Gasteiger partial charge in [0.15, 0.2) is 5.13 Å². The van der Waals surface area contributed by atoms with Crippen molar-refractivity contribution < 1.29 is 14.3 Å². The van der Waals surface area contributed by atoms with Crippen LogP contribution < -0.4 is 14.4 Å². The summed E-state index contributed by atoms with van der Waals surface area (Å²) in [5.41, 5.74) is 1.07. The highest BCUT2D eigenvalue weighted by molar-refractivity contribution is 7.22. The topological polar surface area (TPSA) is 54.9 Å². The maximum absolute atomic E-state index is 13.4. The van der Waals surface area contributed by atoms with Gasteiger partial charge in [0.1, 0.15) is 21.7 Å². The Morgan fingerprint density at radius 1 is 1.03 bits per heavy atom. The van der Waals surface area contributed by atoms with Crippen molar-refractivity contribution in [3.8, 4) is 11.5 Å². The number of carbonyl (C=O) groups is 1. The third kappa shape index (κ3) is 5.93. The number of fused-ring (bicyclic) bond motifs is 1. The van der Waals surface area contributed by atoms with E-state index in [0.717, 1.165) is 17.7 Å². The molecule has 0 saturated heterocycles. The summed E-state index contributed by atoms with van der Waals surface area (Å²) in [6, 6.07) is 8.47. The zero-order chi connectivity index (χ0) is 21.8. The molecule has 31 heavy (non-hydrogen) atoms. The molecule has 0 aliphatic carbocycles. The lowest BCUT2D eigenvalue weighted by Gasteiger charge is -2.21. The van der Waals surface area contributed by atoms with Gasteiger partial charge in [-0.3, -0.25) is 9.69 Å². The molecule has 0 saturated carbocycles. The summed E-state index contributed by atoms with van der Waals surface area (Å²) in [5.74, 6) is 1.09. The number of aromatic nitrogens is 1. The van der Waals surface area contributed by atoms with Crippen molar-refractivity contribution in [1.29, 1.82) is 0 Å². The molecule has 2 aromatic carbocycles. The third-order valence-corrected chi connectivity index (χ3v) is 6.00. The second-order valence-electron chi connectivity index (χ2n) is 6.92. The highest BCUT2D eigenvalue weighted by atomic mass is 35.5. The molecule has 0 fully saturated rings. The van der Waals surface area contributed by atoms with Gasteiger partial charge in [-0.15, -0.1) is 12.4 Å². The summed E-state index contributed by atoms with van der Waals surface area (Å²) >= 11 is 13.6. The first kappa shape index (κ1) is 25.5. The number of amides is 1. The van der Waals surface area contributed by atoms with Gasteiger partial charge in [0.2, 0.25) is 0 Å². The minimum absolute atomic E-state index is 0. The molecule has 0 aliphatic rings. The number of hydrogen-bond donors (Lipinski definition) is 0. The van der Waals surface area contributed by atoms with Crippen LogP contribution in [0.15, 0.2) is 30.3 Å². The number of nitrogens with zero attached hydrogens (tertiary/aromatic N) is 3. The Morgan fingerprint density at radius 2 is 1.65 bits per heavy atom. The van der Waals surface area contributed by atoms with Gasteiger partial charge in [0.25, 0.3) is 5.91 Å². The van der Waals surface area contributed by atoms with Gasteiger partial charge in [-0.05, 0) is 57.4 Å². The minimum atomic E-state index is -0.213. The summed E-state index contributed by atoms with van der Waals surface area (Å²) < 4.78 is 11.8. The maximum atomic E-state index is 13.4. The lowest BCUT2D eigenvalue weighted by molar-refractivity contribution is 0.0986. The molecule has 0 aliphatic heterocycles. The van der Waals surface area contributed by atoms with Gasteiger partial charge in [-0.1, -0.05) is 34.5 Å². The molecule has 0 bridgehead atoms. The number of anilines is 1. The van der Waals surface area contributed by atoms with Crippen LogP contribution in [0, 0.1) is 0 Å². The number of ether oxygens (including phenoxy) is 2. The summed E-state index contributed by atoms with van der Waals surface area (Å²) in [7, 11) is 7.19. The van der Waals surface area contributed by atoms with E-state index < -0.39 is 0 Å². The van der Waals surface area contributed by atoms with Gasteiger partial charge in [0.05, 0.1) is 14.2 Å². The van der Waals surface area contributed by atoms with Crippen LogP contribution in [0.3, 0.4) is 0 Å². The lowest BCUT2D eigenvalue weighted by Crippen LogP contribution is -2.33. The normalized spacial score (nSPS) is 10.8. The van der Waals surface area contributed by atoms with Gasteiger partial charge < -0.3 is 14.4 Å². The second kappa shape index (κ2) is 11.2. The fraction of sp³-hybridized carbons (Fsp3) is 0.333. The number of halogens is 3. The Balaban J connectivity index is 0.00000341. The summed E-state index contributed by atoms with van der Waals surface area (Å²) in [5, 5.41) is 1.38. The van der Waals surface area contributed by atoms with E-state index in [-0.39, 0.29) is 18.3 Å². The van der Waals surface area contributed by atoms with E-state index in [9.17, 15) is 4.79 Å². The Hall–Kier alpha value is -1.77. The smallest absolute Gasteiger partial charge is 0.260 e. The van der Waals surface area contributed by atoms with E-state index in [4.69, 9.17) is 37.7 Å². The molecule has 6 nitrogen and oxygen atoms in total.